The van der Waals surface area contributed by atoms with E-state index >= 15 is 0 Å². The van der Waals surface area contributed by atoms with Crippen LogP contribution in [0.25, 0.3) is 0 Å². The Morgan fingerprint density at radius 3 is 2.52 bits per heavy atom. The maximum atomic E-state index is 5.80. The number of benzene rings is 1. The van der Waals surface area contributed by atoms with Gasteiger partial charge in [-0.3, -0.25) is 0 Å². The summed E-state index contributed by atoms with van der Waals surface area (Å²) in [5, 5.41) is 6.54. The zero-order chi connectivity index (χ0) is 22.0. The van der Waals surface area contributed by atoms with Crippen molar-refractivity contribution in [1.82, 2.24) is 15.6 Å². The molecule has 1 heterocycles. The van der Waals surface area contributed by atoms with E-state index in [1.54, 1.807) is 6.20 Å². The van der Waals surface area contributed by atoms with Crippen molar-refractivity contribution < 1.29 is 14.2 Å². The Hall–Kier alpha value is -2.64. The summed E-state index contributed by atoms with van der Waals surface area (Å²) in [6.45, 7) is 9.37. The summed E-state index contributed by atoms with van der Waals surface area (Å²) in [7, 11) is 0. The van der Waals surface area contributed by atoms with Gasteiger partial charge in [-0.15, -0.1) is 0 Å². The summed E-state index contributed by atoms with van der Waals surface area (Å²) >= 11 is 0. The number of guanidine groups is 1. The summed E-state index contributed by atoms with van der Waals surface area (Å²) < 4.78 is 16.9. The van der Waals surface area contributed by atoms with Crippen molar-refractivity contribution in [2.24, 2.45) is 4.99 Å². The molecule has 2 N–H and O–H groups in total. The van der Waals surface area contributed by atoms with Crippen molar-refractivity contribution in [3.05, 3.63) is 59.8 Å². The van der Waals surface area contributed by atoms with Crippen LogP contribution < -0.4 is 15.4 Å². The fraction of sp³-hybridized carbons (Fsp3) is 0.500. The van der Waals surface area contributed by atoms with Gasteiger partial charge in [-0.05, 0) is 30.5 Å². The number of pyridine rings is 1. The van der Waals surface area contributed by atoms with Gasteiger partial charge in [-0.25, -0.2) is 9.98 Å². The fourth-order valence-corrected chi connectivity index (χ4v) is 2.68. The average Bonchev–Trinajstić information content (AvgIpc) is 2.81. The van der Waals surface area contributed by atoms with Gasteiger partial charge in [-0.1, -0.05) is 43.7 Å². The molecule has 0 saturated heterocycles. The minimum absolute atomic E-state index is 0.494. The summed E-state index contributed by atoms with van der Waals surface area (Å²) in [6, 6.07) is 13.9. The molecule has 0 spiro atoms. The second-order valence-corrected chi connectivity index (χ2v) is 6.98. The molecule has 0 aliphatic rings. The minimum atomic E-state index is 0.494. The van der Waals surface area contributed by atoms with Gasteiger partial charge in [0.15, 0.2) is 5.96 Å². The van der Waals surface area contributed by atoms with E-state index < -0.39 is 0 Å². The van der Waals surface area contributed by atoms with Gasteiger partial charge >= 0.3 is 0 Å². The summed E-state index contributed by atoms with van der Waals surface area (Å²) in [6.07, 6.45) is 4.00. The third-order valence-electron chi connectivity index (χ3n) is 4.35. The zero-order valence-electron chi connectivity index (χ0n) is 18.8. The molecule has 0 aliphatic heterocycles. The lowest BCUT2D eigenvalue weighted by Crippen LogP contribution is -2.39. The number of aromatic nitrogens is 1. The predicted molar refractivity (Wildman–Crippen MR) is 124 cm³/mol. The molecule has 0 unspecified atom stereocenters. The molecule has 0 radical (unpaired) electrons. The molecule has 0 saturated carbocycles. The van der Waals surface area contributed by atoms with Crippen LogP contribution in [0.4, 0.5) is 0 Å². The lowest BCUT2D eigenvalue weighted by molar-refractivity contribution is 0.0487. The van der Waals surface area contributed by atoms with Crippen LogP contribution >= 0.6 is 0 Å². The average molecular weight is 429 g/mol. The highest BCUT2D eigenvalue weighted by molar-refractivity contribution is 5.79. The molecule has 1 aromatic heterocycles. The molecule has 7 nitrogen and oxygen atoms in total. The van der Waals surface area contributed by atoms with Gasteiger partial charge in [0.1, 0.15) is 6.61 Å². The Bertz CT molecular complexity index is 741. The van der Waals surface area contributed by atoms with Crippen molar-refractivity contribution in [2.45, 2.75) is 39.8 Å². The van der Waals surface area contributed by atoms with Gasteiger partial charge < -0.3 is 24.8 Å². The molecule has 31 heavy (non-hydrogen) atoms. The van der Waals surface area contributed by atoms with Gasteiger partial charge in [0.2, 0.25) is 5.88 Å². The SMILES string of the molecule is CCCCOCCOCCNC(=NCc1ccnc(OCc2ccccc2)c1)NCC. The van der Waals surface area contributed by atoms with Crippen LogP contribution in [0.2, 0.25) is 0 Å². The third kappa shape index (κ3) is 11.4. The van der Waals surface area contributed by atoms with E-state index in [0.29, 0.717) is 45.4 Å². The molecular formula is C24H36N4O3. The van der Waals surface area contributed by atoms with E-state index in [1.165, 1.54) is 0 Å². The van der Waals surface area contributed by atoms with Crippen molar-refractivity contribution in [2.75, 3.05) is 39.5 Å². The van der Waals surface area contributed by atoms with Crippen molar-refractivity contribution in [1.29, 1.82) is 0 Å². The molecule has 0 bridgehead atoms. The van der Waals surface area contributed by atoms with Crippen LogP contribution in [-0.2, 0) is 22.6 Å². The highest BCUT2D eigenvalue weighted by Crippen LogP contribution is 2.12. The number of nitrogens with zero attached hydrogens (tertiary/aromatic N) is 2. The standard InChI is InChI=1S/C24H36N4O3/c1-3-5-14-29-16-17-30-15-13-27-24(25-4-2)28-19-22-11-12-26-23(18-22)31-20-21-9-7-6-8-10-21/h6-12,18H,3-5,13-17,19-20H2,1-2H3,(H2,25,27,28). The molecule has 0 atom stereocenters. The first-order valence-electron chi connectivity index (χ1n) is 11.1. The third-order valence-corrected chi connectivity index (χ3v) is 4.35. The van der Waals surface area contributed by atoms with E-state index in [9.17, 15) is 0 Å². The second kappa shape index (κ2) is 16.1. The Morgan fingerprint density at radius 2 is 1.74 bits per heavy atom. The molecule has 0 aliphatic carbocycles. The van der Waals surface area contributed by atoms with E-state index in [0.717, 1.165) is 43.1 Å². The van der Waals surface area contributed by atoms with Crippen LogP contribution in [0.15, 0.2) is 53.7 Å². The highest BCUT2D eigenvalue weighted by atomic mass is 16.5. The molecular weight excluding hydrogens is 392 g/mol. The van der Waals surface area contributed by atoms with Crippen molar-refractivity contribution in [3.63, 3.8) is 0 Å². The van der Waals surface area contributed by atoms with Crippen molar-refractivity contribution >= 4 is 5.96 Å². The number of ether oxygens (including phenoxy) is 3. The first-order chi connectivity index (χ1) is 15.3. The number of nitrogens with one attached hydrogen (secondary N) is 2. The van der Waals surface area contributed by atoms with E-state index in [1.807, 2.05) is 49.4 Å². The molecule has 0 amide bonds. The molecule has 2 rings (SSSR count). The number of hydrogen-bond acceptors (Lipinski definition) is 5. The summed E-state index contributed by atoms with van der Waals surface area (Å²) in [4.78, 5) is 8.93. The normalized spacial score (nSPS) is 11.4. The molecule has 0 fully saturated rings. The smallest absolute Gasteiger partial charge is 0.213 e. The van der Waals surface area contributed by atoms with Gasteiger partial charge in [0.05, 0.1) is 26.4 Å². The lowest BCUT2D eigenvalue weighted by atomic mass is 10.2. The minimum Gasteiger partial charge on any atom is -0.473 e. The van der Waals surface area contributed by atoms with Crippen LogP contribution in [-0.4, -0.2) is 50.5 Å². The van der Waals surface area contributed by atoms with Gasteiger partial charge in [0.25, 0.3) is 0 Å². The Balaban J connectivity index is 1.71. The quantitative estimate of drug-likeness (QED) is 0.257. The van der Waals surface area contributed by atoms with Crippen LogP contribution in [0.3, 0.4) is 0 Å². The van der Waals surface area contributed by atoms with Crippen molar-refractivity contribution in [3.8, 4) is 5.88 Å². The van der Waals surface area contributed by atoms with Gasteiger partial charge in [0, 0.05) is 32.0 Å². The molecule has 2 aromatic rings. The first kappa shape index (κ1) is 24.6. The predicted octanol–water partition coefficient (Wildman–Crippen LogP) is 3.55. The first-order valence-corrected chi connectivity index (χ1v) is 11.1. The maximum absolute atomic E-state index is 5.80. The van der Waals surface area contributed by atoms with E-state index in [2.05, 4.69) is 27.5 Å². The lowest BCUT2D eigenvalue weighted by Gasteiger charge is -2.12. The number of rotatable bonds is 15. The Kier molecular flexibility index (Phi) is 12.8. The Labute approximate surface area is 186 Å². The van der Waals surface area contributed by atoms with Crippen LogP contribution in [0.5, 0.6) is 5.88 Å². The summed E-state index contributed by atoms with van der Waals surface area (Å²) in [5.74, 6) is 1.36. The topological polar surface area (TPSA) is 77.0 Å². The maximum Gasteiger partial charge on any atom is 0.213 e. The molecule has 7 heteroatoms. The van der Waals surface area contributed by atoms with Crippen LogP contribution in [0, 0.1) is 0 Å². The second-order valence-electron chi connectivity index (χ2n) is 6.98. The molecule has 1 aromatic carbocycles. The monoisotopic (exact) mass is 428 g/mol. The molecule has 170 valence electrons. The fourth-order valence-electron chi connectivity index (χ4n) is 2.68. The van der Waals surface area contributed by atoms with E-state index in [-0.39, 0.29) is 0 Å². The zero-order valence-corrected chi connectivity index (χ0v) is 18.8. The van der Waals surface area contributed by atoms with Gasteiger partial charge in [-0.2, -0.15) is 0 Å². The number of aliphatic imine (C=N–C) groups is 1. The van der Waals surface area contributed by atoms with E-state index in [4.69, 9.17) is 14.2 Å². The Morgan fingerprint density at radius 1 is 0.935 bits per heavy atom. The largest absolute Gasteiger partial charge is 0.473 e. The number of unbranched alkanes of at least 4 members (excludes halogenated alkanes) is 1. The highest BCUT2D eigenvalue weighted by Gasteiger charge is 2.01. The van der Waals surface area contributed by atoms with Crippen LogP contribution in [0.1, 0.15) is 37.8 Å². The number of hydrogen-bond donors (Lipinski definition) is 2. The summed E-state index contributed by atoms with van der Waals surface area (Å²) in [5.41, 5.74) is 2.15.